The van der Waals surface area contributed by atoms with Crippen molar-refractivity contribution in [1.82, 2.24) is 4.98 Å². The van der Waals surface area contributed by atoms with Crippen LogP contribution >= 0.6 is 11.6 Å². The predicted octanol–water partition coefficient (Wildman–Crippen LogP) is 2.33. The summed E-state index contributed by atoms with van der Waals surface area (Å²) in [5.41, 5.74) is 1.16. The summed E-state index contributed by atoms with van der Waals surface area (Å²) in [5, 5.41) is 0.569. The van der Waals surface area contributed by atoms with Gasteiger partial charge >= 0.3 is 0 Å². The lowest BCUT2D eigenvalue weighted by atomic mass is 10.3. The summed E-state index contributed by atoms with van der Waals surface area (Å²) in [6.45, 7) is 0. The topological polar surface area (TPSA) is 16.1 Å². The van der Waals surface area contributed by atoms with Crippen LogP contribution in [0.2, 0.25) is 5.15 Å². The van der Waals surface area contributed by atoms with Crippen LogP contribution in [0.25, 0.3) is 0 Å². The van der Waals surface area contributed by atoms with Crippen LogP contribution in [0.15, 0.2) is 18.3 Å². The zero-order valence-corrected chi connectivity index (χ0v) is 7.75. The molecule has 0 aliphatic heterocycles. The van der Waals surface area contributed by atoms with Crippen LogP contribution in [0, 0.1) is 0 Å². The van der Waals surface area contributed by atoms with Crippen molar-refractivity contribution >= 4 is 17.3 Å². The Morgan fingerprint density at radius 2 is 2.33 bits per heavy atom. The second-order valence-corrected chi connectivity index (χ2v) is 3.57. The quantitative estimate of drug-likeness (QED) is 0.653. The van der Waals surface area contributed by atoms with Crippen LogP contribution in [0.1, 0.15) is 12.8 Å². The van der Waals surface area contributed by atoms with Crippen molar-refractivity contribution in [1.29, 1.82) is 0 Å². The molecule has 3 heteroatoms. The highest BCUT2D eigenvalue weighted by Crippen LogP contribution is 2.30. The molecular weight excluding hydrogens is 172 g/mol. The van der Waals surface area contributed by atoms with Crippen LogP contribution in [0.5, 0.6) is 0 Å². The van der Waals surface area contributed by atoms with Crippen LogP contribution < -0.4 is 4.90 Å². The lowest BCUT2D eigenvalue weighted by Crippen LogP contribution is -2.19. The average Bonchev–Trinajstić information content (AvgIpc) is 2.85. The maximum Gasteiger partial charge on any atom is 0.131 e. The molecule has 1 saturated carbocycles. The molecule has 0 aromatic carbocycles. The molecule has 1 fully saturated rings. The van der Waals surface area contributed by atoms with Crippen LogP contribution in [-0.4, -0.2) is 18.1 Å². The molecule has 0 spiro atoms. The third-order valence-corrected chi connectivity index (χ3v) is 2.42. The van der Waals surface area contributed by atoms with Gasteiger partial charge < -0.3 is 4.90 Å². The van der Waals surface area contributed by atoms with Crippen molar-refractivity contribution in [2.24, 2.45) is 0 Å². The minimum Gasteiger partial charge on any atom is -0.371 e. The number of aromatic nitrogens is 1. The van der Waals surface area contributed by atoms with E-state index in [2.05, 4.69) is 16.9 Å². The fourth-order valence-corrected chi connectivity index (χ4v) is 1.45. The van der Waals surface area contributed by atoms with Gasteiger partial charge in [-0.05, 0) is 25.0 Å². The zero-order valence-electron chi connectivity index (χ0n) is 7.00. The molecule has 64 valence electrons. The third-order valence-electron chi connectivity index (χ3n) is 2.21. The van der Waals surface area contributed by atoms with E-state index in [4.69, 9.17) is 11.6 Å². The highest BCUT2D eigenvalue weighted by Gasteiger charge is 2.26. The first kappa shape index (κ1) is 7.87. The molecule has 0 bridgehead atoms. The summed E-state index contributed by atoms with van der Waals surface area (Å²) in [4.78, 5) is 6.20. The Balaban J connectivity index is 2.20. The molecule has 12 heavy (non-hydrogen) atoms. The summed E-state index contributed by atoms with van der Waals surface area (Å²) in [7, 11) is 2.10. The van der Waals surface area contributed by atoms with Crippen LogP contribution in [-0.2, 0) is 0 Å². The maximum absolute atomic E-state index is 5.78. The molecule has 1 aromatic heterocycles. The van der Waals surface area contributed by atoms with Gasteiger partial charge in [0.05, 0.1) is 0 Å². The standard InChI is InChI=1S/C9H11ClN2/c1-12(7-2-3-7)8-4-5-11-9(10)6-8/h4-7H,2-3H2,1H3. The van der Waals surface area contributed by atoms with Gasteiger partial charge in [0.15, 0.2) is 0 Å². The second-order valence-electron chi connectivity index (χ2n) is 3.18. The number of pyridine rings is 1. The number of rotatable bonds is 2. The molecule has 1 heterocycles. The highest BCUT2D eigenvalue weighted by atomic mass is 35.5. The first-order chi connectivity index (χ1) is 5.77. The molecular formula is C9H11ClN2. The lowest BCUT2D eigenvalue weighted by molar-refractivity contribution is 0.915. The summed E-state index contributed by atoms with van der Waals surface area (Å²) >= 11 is 5.78. The van der Waals surface area contributed by atoms with E-state index in [1.165, 1.54) is 12.8 Å². The van der Waals surface area contributed by atoms with Crippen molar-refractivity contribution in [3.63, 3.8) is 0 Å². The van der Waals surface area contributed by atoms with Crippen LogP contribution in [0.3, 0.4) is 0 Å². The molecule has 0 amide bonds. The first-order valence-electron chi connectivity index (χ1n) is 4.12. The van der Waals surface area contributed by atoms with Gasteiger partial charge in [0.2, 0.25) is 0 Å². The molecule has 0 unspecified atom stereocenters. The Bertz CT molecular complexity index is 284. The van der Waals surface area contributed by atoms with E-state index in [-0.39, 0.29) is 0 Å². The number of hydrogen-bond donors (Lipinski definition) is 0. The van der Waals surface area contributed by atoms with Crippen molar-refractivity contribution in [2.45, 2.75) is 18.9 Å². The minimum atomic E-state index is 0.569. The molecule has 0 N–H and O–H groups in total. The number of anilines is 1. The normalized spacial score (nSPS) is 16.2. The van der Waals surface area contributed by atoms with E-state index in [9.17, 15) is 0 Å². The molecule has 2 nitrogen and oxygen atoms in total. The smallest absolute Gasteiger partial charge is 0.131 e. The second kappa shape index (κ2) is 2.94. The number of halogens is 1. The molecule has 1 aliphatic rings. The van der Waals surface area contributed by atoms with Gasteiger partial charge in [-0.3, -0.25) is 0 Å². The van der Waals surface area contributed by atoms with E-state index >= 15 is 0 Å². The number of nitrogens with zero attached hydrogens (tertiary/aromatic N) is 2. The van der Waals surface area contributed by atoms with Gasteiger partial charge in [0.25, 0.3) is 0 Å². The molecule has 0 radical (unpaired) electrons. The van der Waals surface area contributed by atoms with E-state index in [1.807, 2.05) is 12.1 Å². The summed E-state index contributed by atoms with van der Waals surface area (Å²) in [6, 6.07) is 4.62. The highest BCUT2D eigenvalue weighted by molar-refractivity contribution is 6.29. The van der Waals surface area contributed by atoms with E-state index in [0.717, 1.165) is 11.7 Å². The van der Waals surface area contributed by atoms with Crippen molar-refractivity contribution in [2.75, 3.05) is 11.9 Å². The van der Waals surface area contributed by atoms with Crippen molar-refractivity contribution in [3.8, 4) is 0 Å². The maximum atomic E-state index is 5.78. The Labute approximate surface area is 77.2 Å². The summed E-state index contributed by atoms with van der Waals surface area (Å²) in [5.74, 6) is 0. The van der Waals surface area contributed by atoms with Crippen molar-refractivity contribution < 1.29 is 0 Å². The summed E-state index contributed by atoms with van der Waals surface area (Å²) in [6.07, 6.45) is 4.35. The van der Waals surface area contributed by atoms with Gasteiger partial charge in [0, 0.05) is 25.0 Å². The fraction of sp³-hybridized carbons (Fsp3) is 0.444. The largest absolute Gasteiger partial charge is 0.371 e. The zero-order chi connectivity index (χ0) is 8.55. The average molecular weight is 183 g/mol. The molecule has 0 atom stereocenters. The predicted molar refractivity (Wildman–Crippen MR) is 50.7 cm³/mol. The van der Waals surface area contributed by atoms with Gasteiger partial charge in [-0.2, -0.15) is 0 Å². The van der Waals surface area contributed by atoms with Crippen LogP contribution in [0.4, 0.5) is 5.69 Å². The van der Waals surface area contributed by atoms with E-state index in [0.29, 0.717) is 5.15 Å². The Hall–Kier alpha value is -0.760. The van der Waals surface area contributed by atoms with Gasteiger partial charge in [-0.15, -0.1) is 0 Å². The van der Waals surface area contributed by atoms with Crippen molar-refractivity contribution in [3.05, 3.63) is 23.5 Å². The Morgan fingerprint density at radius 1 is 1.58 bits per heavy atom. The fourth-order valence-electron chi connectivity index (χ4n) is 1.28. The molecule has 1 aromatic rings. The van der Waals surface area contributed by atoms with Gasteiger partial charge in [-0.25, -0.2) is 4.98 Å². The summed E-state index contributed by atoms with van der Waals surface area (Å²) < 4.78 is 0. The molecule has 2 rings (SSSR count). The Morgan fingerprint density at radius 3 is 2.92 bits per heavy atom. The Kier molecular flexibility index (Phi) is 1.93. The van der Waals surface area contributed by atoms with Gasteiger partial charge in [0.1, 0.15) is 5.15 Å². The van der Waals surface area contributed by atoms with Gasteiger partial charge in [-0.1, -0.05) is 11.6 Å². The SMILES string of the molecule is CN(c1ccnc(Cl)c1)C1CC1. The molecule has 1 aliphatic carbocycles. The first-order valence-corrected chi connectivity index (χ1v) is 4.49. The van der Waals surface area contributed by atoms with E-state index in [1.54, 1.807) is 6.20 Å². The third kappa shape index (κ3) is 1.53. The lowest BCUT2D eigenvalue weighted by Gasteiger charge is -2.17. The monoisotopic (exact) mass is 182 g/mol. The number of hydrogen-bond acceptors (Lipinski definition) is 2. The molecule has 0 saturated heterocycles. The van der Waals surface area contributed by atoms with E-state index < -0.39 is 0 Å². The minimum absolute atomic E-state index is 0.569.